The van der Waals surface area contributed by atoms with Crippen molar-refractivity contribution in [3.63, 3.8) is 0 Å². The van der Waals surface area contributed by atoms with E-state index in [-0.39, 0.29) is 21.6 Å². The number of nitrogens with zero attached hydrogens (tertiary/aromatic N) is 3. The molecule has 0 saturated heterocycles. The summed E-state index contributed by atoms with van der Waals surface area (Å²) < 4.78 is 14.2. The molecule has 1 N–H and O–H groups in total. The Kier molecular flexibility index (Phi) is 5.85. The summed E-state index contributed by atoms with van der Waals surface area (Å²) in [5, 5.41) is 11.1. The minimum absolute atomic E-state index is 0.126. The van der Waals surface area contributed by atoms with Crippen LogP contribution in [0.5, 0.6) is 0 Å². The fraction of sp³-hybridized carbons (Fsp3) is 0.0667. The van der Waals surface area contributed by atoms with E-state index in [1.54, 1.807) is 18.2 Å². The maximum atomic E-state index is 13.6. The first kappa shape index (κ1) is 18.1. The molecular weight excluding hydrogens is 406 g/mol. The Morgan fingerprint density at radius 1 is 1.28 bits per heavy atom. The molecule has 5 nitrogen and oxygen atoms in total. The molecule has 3 aromatic rings. The van der Waals surface area contributed by atoms with Crippen molar-refractivity contribution in [2.45, 2.75) is 10.1 Å². The van der Waals surface area contributed by atoms with Gasteiger partial charge in [0.1, 0.15) is 11.0 Å². The highest BCUT2D eigenvalue weighted by Gasteiger charge is 2.13. The van der Waals surface area contributed by atoms with Crippen LogP contribution in [0.1, 0.15) is 15.9 Å². The molecule has 0 spiro atoms. The van der Waals surface area contributed by atoms with Crippen LogP contribution < -0.4 is 5.32 Å². The van der Waals surface area contributed by atoms with Gasteiger partial charge in [0, 0.05) is 11.9 Å². The standard InChI is InChI=1S/C15H9Cl2FN4OS2/c16-10-5-9(6-19-12(10)17)13(23)20-14-21-22-15(25-14)24-7-8-3-1-2-4-11(8)18/h1-6H,7H2,(H,20,21,23). The molecule has 0 aliphatic rings. The Morgan fingerprint density at radius 3 is 2.84 bits per heavy atom. The summed E-state index contributed by atoms with van der Waals surface area (Å²) in [4.78, 5) is 16.0. The van der Waals surface area contributed by atoms with Crippen molar-refractivity contribution in [3.05, 3.63) is 63.6 Å². The minimum atomic E-state index is -0.423. The summed E-state index contributed by atoms with van der Waals surface area (Å²) in [5.41, 5.74) is 0.834. The Labute approximate surface area is 160 Å². The number of carbonyl (C=O) groups is 1. The first-order valence-corrected chi connectivity index (χ1v) is 9.41. The number of halogens is 3. The maximum absolute atomic E-state index is 13.6. The molecule has 0 aliphatic carbocycles. The highest BCUT2D eigenvalue weighted by atomic mass is 35.5. The van der Waals surface area contributed by atoms with Crippen LogP contribution in [0.3, 0.4) is 0 Å². The van der Waals surface area contributed by atoms with Crippen LogP contribution in [0.15, 0.2) is 40.9 Å². The Morgan fingerprint density at radius 2 is 2.08 bits per heavy atom. The molecule has 0 saturated carbocycles. The summed E-state index contributed by atoms with van der Waals surface area (Å²) in [6.45, 7) is 0. The van der Waals surface area contributed by atoms with Crippen LogP contribution >= 0.6 is 46.3 Å². The summed E-state index contributed by atoms with van der Waals surface area (Å²) in [7, 11) is 0. The summed E-state index contributed by atoms with van der Waals surface area (Å²) in [5.74, 6) is -0.264. The molecule has 1 amide bonds. The quantitative estimate of drug-likeness (QED) is 0.364. The molecule has 0 unspecified atom stereocenters. The number of nitrogens with one attached hydrogen (secondary N) is 1. The van der Waals surface area contributed by atoms with E-state index in [9.17, 15) is 9.18 Å². The second kappa shape index (κ2) is 8.09. The lowest BCUT2D eigenvalue weighted by atomic mass is 10.2. The SMILES string of the molecule is O=C(Nc1nnc(SCc2ccccc2F)s1)c1cnc(Cl)c(Cl)c1. The van der Waals surface area contributed by atoms with Crippen LogP contribution in [-0.4, -0.2) is 21.1 Å². The molecule has 1 aromatic carbocycles. The number of carbonyl (C=O) groups excluding carboxylic acids is 1. The minimum Gasteiger partial charge on any atom is -0.296 e. The number of hydrogen-bond acceptors (Lipinski definition) is 6. The molecule has 0 bridgehead atoms. The van der Waals surface area contributed by atoms with E-state index in [2.05, 4.69) is 20.5 Å². The Hall–Kier alpha value is -1.74. The monoisotopic (exact) mass is 414 g/mol. The number of aromatic nitrogens is 3. The van der Waals surface area contributed by atoms with Crippen molar-refractivity contribution in [1.29, 1.82) is 0 Å². The van der Waals surface area contributed by atoms with Gasteiger partial charge in [-0.1, -0.05) is 64.5 Å². The summed E-state index contributed by atoms with van der Waals surface area (Å²) in [6, 6.07) is 7.95. The number of thioether (sulfide) groups is 1. The fourth-order valence-corrected chi connectivity index (χ4v) is 3.79. The van der Waals surface area contributed by atoms with E-state index in [4.69, 9.17) is 23.2 Å². The molecule has 0 atom stereocenters. The first-order chi connectivity index (χ1) is 12.0. The smallest absolute Gasteiger partial charge is 0.259 e. The first-order valence-electron chi connectivity index (χ1n) is 6.85. The largest absolute Gasteiger partial charge is 0.296 e. The van der Waals surface area contributed by atoms with Gasteiger partial charge in [-0.25, -0.2) is 9.37 Å². The zero-order valence-corrected chi connectivity index (χ0v) is 15.5. The van der Waals surface area contributed by atoms with Gasteiger partial charge in [0.15, 0.2) is 4.34 Å². The average molecular weight is 415 g/mol. The number of pyridine rings is 1. The van der Waals surface area contributed by atoms with Gasteiger partial charge in [-0.2, -0.15) is 0 Å². The van der Waals surface area contributed by atoms with Crippen LogP contribution in [0.4, 0.5) is 9.52 Å². The van der Waals surface area contributed by atoms with Crippen LogP contribution in [0.2, 0.25) is 10.2 Å². The molecule has 0 fully saturated rings. The highest BCUT2D eigenvalue weighted by Crippen LogP contribution is 2.29. The van der Waals surface area contributed by atoms with Gasteiger partial charge in [-0.3, -0.25) is 10.1 Å². The van der Waals surface area contributed by atoms with Crippen molar-refractivity contribution in [2.24, 2.45) is 0 Å². The lowest BCUT2D eigenvalue weighted by molar-refractivity contribution is 0.102. The molecule has 2 aromatic heterocycles. The van der Waals surface area contributed by atoms with Gasteiger partial charge < -0.3 is 0 Å². The third-order valence-corrected chi connectivity index (χ3v) is 5.70. The van der Waals surface area contributed by atoms with Crippen molar-refractivity contribution in [2.75, 3.05) is 5.32 Å². The van der Waals surface area contributed by atoms with Crippen molar-refractivity contribution in [1.82, 2.24) is 15.2 Å². The van der Waals surface area contributed by atoms with Crippen molar-refractivity contribution in [3.8, 4) is 0 Å². The zero-order chi connectivity index (χ0) is 17.8. The predicted molar refractivity (Wildman–Crippen MR) is 98.1 cm³/mol. The van der Waals surface area contributed by atoms with Crippen LogP contribution in [-0.2, 0) is 5.75 Å². The number of benzene rings is 1. The third kappa shape index (κ3) is 4.66. The van der Waals surface area contributed by atoms with Gasteiger partial charge in [-0.15, -0.1) is 10.2 Å². The molecule has 2 heterocycles. The molecule has 3 rings (SSSR count). The van der Waals surface area contributed by atoms with E-state index in [1.807, 2.05) is 0 Å². The number of rotatable bonds is 5. The number of anilines is 1. The van der Waals surface area contributed by atoms with Gasteiger partial charge in [-0.05, 0) is 17.7 Å². The lowest BCUT2D eigenvalue weighted by Crippen LogP contribution is -2.12. The molecular formula is C15H9Cl2FN4OS2. The van der Waals surface area contributed by atoms with E-state index in [0.29, 0.717) is 20.8 Å². The molecule has 10 heteroatoms. The third-order valence-electron chi connectivity index (χ3n) is 2.99. The lowest BCUT2D eigenvalue weighted by Gasteiger charge is -2.02. The van der Waals surface area contributed by atoms with E-state index in [1.165, 1.54) is 41.4 Å². The van der Waals surface area contributed by atoms with Crippen molar-refractivity contribution < 1.29 is 9.18 Å². The second-order valence-electron chi connectivity index (χ2n) is 4.70. The molecule has 128 valence electrons. The normalized spacial score (nSPS) is 10.7. The fourth-order valence-electron chi connectivity index (χ4n) is 1.79. The maximum Gasteiger partial charge on any atom is 0.259 e. The summed E-state index contributed by atoms with van der Waals surface area (Å²) in [6.07, 6.45) is 1.32. The zero-order valence-electron chi connectivity index (χ0n) is 12.4. The van der Waals surface area contributed by atoms with Crippen LogP contribution in [0.25, 0.3) is 0 Å². The Balaban J connectivity index is 1.62. The predicted octanol–water partition coefficient (Wildman–Crippen LogP) is 4.92. The van der Waals surface area contributed by atoms with Gasteiger partial charge in [0.25, 0.3) is 5.91 Å². The number of hydrogen-bond donors (Lipinski definition) is 1. The van der Waals surface area contributed by atoms with Gasteiger partial charge >= 0.3 is 0 Å². The van der Waals surface area contributed by atoms with Gasteiger partial charge in [0.05, 0.1) is 10.6 Å². The molecule has 0 aliphatic heterocycles. The average Bonchev–Trinajstić information content (AvgIpc) is 3.04. The molecule has 0 radical (unpaired) electrons. The Bertz CT molecular complexity index is 922. The second-order valence-corrected chi connectivity index (χ2v) is 7.67. The summed E-state index contributed by atoms with van der Waals surface area (Å²) >= 11 is 14.1. The topological polar surface area (TPSA) is 67.8 Å². The van der Waals surface area contributed by atoms with E-state index < -0.39 is 5.91 Å². The number of amides is 1. The van der Waals surface area contributed by atoms with Crippen molar-refractivity contribution >= 4 is 57.3 Å². The molecule has 25 heavy (non-hydrogen) atoms. The van der Waals surface area contributed by atoms with E-state index in [0.717, 1.165) is 0 Å². The van der Waals surface area contributed by atoms with E-state index >= 15 is 0 Å². The van der Waals surface area contributed by atoms with Gasteiger partial charge in [0.2, 0.25) is 5.13 Å². The van der Waals surface area contributed by atoms with Crippen LogP contribution in [0, 0.1) is 5.82 Å². The highest BCUT2D eigenvalue weighted by molar-refractivity contribution is 8.00.